The van der Waals surface area contributed by atoms with Crippen LogP contribution in [-0.2, 0) is 37.6 Å². The van der Waals surface area contributed by atoms with Gasteiger partial charge < -0.3 is 18.9 Å². The molecule has 2 fully saturated rings. The standard InChI is InChI=1S/C53H88O4/c1-34-42(56-34)28-54-44-38(50(15,16)30-46(3,4)5)24-36(25-39(44)51(17,18)31-47(6,7)8)23-37-26-40(52(19,20)32-48(9,10)11)45(55-29-43-35(2)57-43)41(27-37)53(21,22)33-49(12,13)14/h24-27,34-35,42-43H,23,28-33H2,1-22H3. The van der Waals surface area contributed by atoms with E-state index in [1.807, 2.05) is 0 Å². The van der Waals surface area contributed by atoms with Gasteiger partial charge in [0.15, 0.2) is 0 Å². The molecule has 0 radical (unpaired) electrons. The van der Waals surface area contributed by atoms with E-state index in [2.05, 4.69) is 177 Å². The first kappa shape index (κ1) is 47.6. The highest BCUT2D eigenvalue weighted by atomic mass is 16.6. The molecule has 0 saturated carbocycles. The molecule has 2 saturated heterocycles. The lowest BCUT2D eigenvalue weighted by Gasteiger charge is -2.39. The fourth-order valence-corrected chi connectivity index (χ4v) is 11.0. The first-order valence-electron chi connectivity index (χ1n) is 22.4. The molecule has 0 aliphatic carbocycles. The molecule has 2 aromatic rings. The zero-order valence-corrected chi connectivity index (χ0v) is 41.2. The van der Waals surface area contributed by atoms with Crippen LogP contribution in [0, 0.1) is 21.7 Å². The average molecular weight is 789 g/mol. The second kappa shape index (κ2) is 16.1. The van der Waals surface area contributed by atoms with Crippen molar-refractivity contribution in [3.63, 3.8) is 0 Å². The highest BCUT2D eigenvalue weighted by Gasteiger charge is 2.41. The highest BCUT2D eigenvalue weighted by molar-refractivity contribution is 5.55. The third-order valence-corrected chi connectivity index (χ3v) is 12.0. The van der Waals surface area contributed by atoms with Gasteiger partial charge in [-0.25, -0.2) is 0 Å². The molecular formula is C53H88O4. The minimum absolute atomic E-state index is 0.119. The van der Waals surface area contributed by atoms with Gasteiger partial charge in [-0.2, -0.15) is 0 Å². The number of rotatable bonds is 16. The summed E-state index contributed by atoms with van der Waals surface area (Å²) in [7, 11) is 0. The van der Waals surface area contributed by atoms with Crippen LogP contribution >= 0.6 is 0 Å². The Hall–Kier alpha value is -2.04. The first-order chi connectivity index (χ1) is 25.5. The van der Waals surface area contributed by atoms with Crippen molar-refractivity contribution >= 4 is 0 Å². The van der Waals surface area contributed by atoms with Crippen molar-refractivity contribution in [2.45, 2.75) is 231 Å². The van der Waals surface area contributed by atoms with Gasteiger partial charge in [0.1, 0.15) is 36.9 Å². The van der Waals surface area contributed by atoms with Crippen molar-refractivity contribution in [1.29, 1.82) is 0 Å². The molecule has 0 aromatic heterocycles. The lowest BCUT2D eigenvalue weighted by molar-refractivity contribution is 0.231. The fraction of sp³-hybridized carbons (Fsp3) is 0.774. The van der Waals surface area contributed by atoms with E-state index < -0.39 is 0 Å². The number of benzene rings is 2. The Morgan fingerprint density at radius 3 is 0.789 bits per heavy atom. The quantitative estimate of drug-likeness (QED) is 0.159. The van der Waals surface area contributed by atoms with Gasteiger partial charge in [-0.05, 0) is 100 Å². The molecule has 4 heteroatoms. The van der Waals surface area contributed by atoms with E-state index in [9.17, 15) is 0 Å². The topological polar surface area (TPSA) is 43.5 Å². The molecule has 0 N–H and O–H groups in total. The van der Waals surface area contributed by atoms with Crippen LogP contribution in [0.25, 0.3) is 0 Å². The summed E-state index contributed by atoms with van der Waals surface area (Å²) in [5.41, 5.74) is 8.08. The predicted molar refractivity (Wildman–Crippen MR) is 244 cm³/mol. The van der Waals surface area contributed by atoms with Crippen LogP contribution in [-0.4, -0.2) is 37.6 Å². The van der Waals surface area contributed by atoms with Crippen LogP contribution in [0.3, 0.4) is 0 Å². The van der Waals surface area contributed by atoms with Gasteiger partial charge in [0, 0.05) is 22.3 Å². The van der Waals surface area contributed by atoms with Crippen LogP contribution in [0.1, 0.15) is 211 Å². The van der Waals surface area contributed by atoms with Crippen LogP contribution < -0.4 is 9.47 Å². The summed E-state index contributed by atoms with van der Waals surface area (Å²) in [5, 5.41) is 0. The van der Waals surface area contributed by atoms with Crippen LogP contribution in [0.15, 0.2) is 24.3 Å². The molecule has 2 aliphatic rings. The maximum atomic E-state index is 7.01. The van der Waals surface area contributed by atoms with E-state index in [-0.39, 0.29) is 67.7 Å². The monoisotopic (exact) mass is 789 g/mol. The molecule has 4 unspecified atom stereocenters. The van der Waals surface area contributed by atoms with E-state index in [4.69, 9.17) is 18.9 Å². The smallest absolute Gasteiger partial charge is 0.126 e. The Bertz CT molecular complexity index is 1470. The summed E-state index contributed by atoms with van der Waals surface area (Å²) in [6, 6.07) is 10.0. The van der Waals surface area contributed by atoms with Crippen molar-refractivity contribution < 1.29 is 18.9 Å². The molecule has 0 bridgehead atoms. The van der Waals surface area contributed by atoms with Gasteiger partial charge >= 0.3 is 0 Å². The van der Waals surface area contributed by atoms with Gasteiger partial charge in [0.25, 0.3) is 0 Å². The first-order valence-corrected chi connectivity index (χ1v) is 22.4. The molecular weight excluding hydrogens is 701 g/mol. The second-order valence-corrected chi connectivity index (χ2v) is 26.1. The largest absolute Gasteiger partial charge is 0.490 e. The Balaban J connectivity index is 2.02. The van der Waals surface area contributed by atoms with Gasteiger partial charge in [0.05, 0.1) is 12.2 Å². The molecule has 0 amide bonds. The number of hydrogen-bond donors (Lipinski definition) is 0. The van der Waals surface area contributed by atoms with Crippen molar-refractivity contribution in [2.75, 3.05) is 13.2 Å². The Morgan fingerprint density at radius 2 is 0.614 bits per heavy atom. The van der Waals surface area contributed by atoms with E-state index in [1.54, 1.807) is 0 Å². The van der Waals surface area contributed by atoms with Crippen molar-refractivity contribution in [1.82, 2.24) is 0 Å². The highest BCUT2D eigenvalue weighted by Crippen LogP contribution is 2.51. The number of ether oxygens (including phenoxy) is 4. The van der Waals surface area contributed by atoms with Crippen molar-refractivity contribution in [3.05, 3.63) is 57.6 Å². The minimum Gasteiger partial charge on any atom is -0.490 e. The van der Waals surface area contributed by atoms with Crippen molar-refractivity contribution in [2.24, 2.45) is 21.7 Å². The molecule has 57 heavy (non-hydrogen) atoms. The predicted octanol–water partition coefficient (Wildman–Crippen LogP) is 14.5. The third-order valence-electron chi connectivity index (χ3n) is 12.0. The molecule has 4 rings (SSSR count). The minimum atomic E-state index is -0.119. The van der Waals surface area contributed by atoms with Gasteiger partial charge in [-0.3, -0.25) is 0 Å². The van der Waals surface area contributed by atoms with E-state index >= 15 is 0 Å². The molecule has 2 heterocycles. The van der Waals surface area contributed by atoms with Crippen LogP contribution in [0.4, 0.5) is 0 Å². The SMILES string of the molecule is CC1OC1COc1c(C(C)(C)CC(C)(C)C)cc(Cc2cc(C(C)(C)CC(C)(C)C)c(OCC3OC3C)c(C(C)(C)CC(C)(C)C)c2)cc1C(C)(C)CC(C)(C)C. The maximum absolute atomic E-state index is 7.01. The average Bonchev–Trinajstić information content (AvgIpc) is 3.86. The second-order valence-electron chi connectivity index (χ2n) is 26.1. The summed E-state index contributed by atoms with van der Waals surface area (Å²) >= 11 is 0. The van der Waals surface area contributed by atoms with Gasteiger partial charge in [-0.1, -0.05) is 163 Å². The Morgan fingerprint density at radius 1 is 0.404 bits per heavy atom. The van der Waals surface area contributed by atoms with E-state index in [0.717, 1.165) is 43.6 Å². The number of hydrogen-bond acceptors (Lipinski definition) is 4. The molecule has 4 atom stereocenters. The lowest BCUT2D eigenvalue weighted by atomic mass is 9.67. The zero-order chi connectivity index (χ0) is 43.5. The van der Waals surface area contributed by atoms with Gasteiger partial charge in [-0.15, -0.1) is 0 Å². The third kappa shape index (κ3) is 13.5. The van der Waals surface area contributed by atoms with Crippen LogP contribution in [0.2, 0.25) is 0 Å². The molecule has 2 aromatic carbocycles. The molecule has 0 spiro atoms. The normalized spacial score (nSPS) is 21.2. The fourth-order valence-electron chi connectivity index (χ4n) is 11.0. The van der Waals surface area contributed by atoms with E-state index in [1.165, 1.54) is 33.4 Å². The van der Waals surface area contributed by atoms with Crippen LogP contribution in [0.5, 0.6) is 11.5 Å². The summed E-state index contributed by atoms with van der Waals surface area (Å²) in [6.45, 7) is 53.3. The Labute approximate surface area is 352 Å². The molecule has 324 valence electrons. The Kier molecular flexibility index (Phi) is 13.5. The molecule has 2 aliphatic heterocycles. The van der Waals surface area contributed by atoms with Crippen molar-refractivity contribution in [3.8, 4) is 11.5 Å². The summed E-state index contributed by atoms with van der Waals surface area (Å²) in [6.07, 6.45) is 5.82. The summed E-state index contributed by atoms with van der Waals surface area (Å²) in [5.74, 6) is 2.15. The molecule has 4 nitrogen and oxygen atoms in total. The zero-order valence-electron chi connectivity index (χ0n) is 41.2. The summed E-state index contributed by atoms with van der Waals surface area (Å²) in [4.78, 5) is 0. The van der Waals surface area contributed by atoms with E-state index in [0.29, 0.717) is 13.2 Å². The maximum Gasteiger partial charge on any atom is 0.126 e. The van der Waals surface area contributed by atoms with Gasteiger partial charge in [0.2, 0.25) is 0 Å². The summed E-state index contributed by atoms with van der Waals surface area (Å²) < 4.78 is 25.8. The lowest BCUT2D eigenvalue weighted by Crippen LogP contribution is -2.30. The number of epoxide rings is 2.